The van der Waals surface area contributed by atoms with Gasteiger partial charge in [-0.25, -0.2) is 9.97 Å². The van der Waals surface area contributed by atoms with Crippen LogP contribution in [0.15, 0.2) is 60.9 Å². The molecule has 0 saturated carbocycles. The quantitative estimate of drug-likeness (QED) is 0.327. The number of aliphatic hydroxyl groups is 1. The first kappa shape index (κ1) is 26.1. The zero-order valence-corrected chi connectivity index (χ0v) is 21.8. The van der Waals surface area contributed by atoms with Gasteiger partial charge in [0, 0.05) is 69.0 Å². The topological polar surface area (TPSA) is 106 Å². The van der Waals surface area contributed by atoms with E-state index in [2.05, 4.69) is 42.9 Å². The number of nitrogens with one attached hydrogen (secondary N) is 3. The Kier molecular flexibility index (Phi) is 8.80. The summed E-state index contributed by atoms with van der Waals surface area (Å²) in [5.41, 5.74) is 3.79. The standard InChI is InChI=1S/C29H37N7O2/c37-21-22-3-1-4-25(17-22)34-27-18-23(8-10-31-27)24-6-7-28(33-19-24)36-14-2-5-26(36)9-11-32-29(38)20-35-15-12-30-13-16-35/h1,3-4,6-8,10,17-19,26,30,37H,2,5,9,11-16,20-21H2,(H,31,34)(H,32,38). The smallest absolute Gasteiger partial charge is 0.234 e. The molecule has 1 unspecified atom stereocenters. The summed E-state index contributed by atoms with van der Waals surface area (Å²) in [6.07, 6.45) is 6.89. The number of aromatic nitrogens is 2. The molecule has 4 heterocycles. The number of amides is 1. The van der Waals surface area contributed by atoms with Crippen LogP contribution in [0.2, 0.25) is 0 Å². The molecule has 1 amide bonds. The Bertz CT molecular complexity index is 1200. The van der Waals surface area contributed by atoms with Crippen LogP contribution >= 0.6 is 0 Å². The number of carbonyl (C=O) groups is 1. The Morgan fingerprint density at radius 3 is 2.76 bits per heavy atom. The van der Waals surface area contributed by atoms with Crippen molar-refractivity contribution in [3.8, 4) is 11.1 Å². The van der Waals surface area contributed by atoms with E-state index in [0.717, 1.165) is 86.0 Å². The normalized spacial score (nSPS) is 17.9. The van der Waals surface area contributed by atoms with Crippen LogP contribution in [0.5, 0.6) is 0 Å². The van der Waals surface area contributed by atoms with Gasteiger partial charge >= 0.3 is 0 Å². The zero-order valence-electron chi connectivity index (χ0n) is 21.8. The number of hydrogen-bond donors (Lipinski definition) is 4. The molecule has 2 aliphatic rings. The fraction of sp³-hybridized carbons (Fsp3) is 0.414. The highest BCUT2D eigenvalue weighted by Gasteiger charge is 2.25. The minimum absolute atomic E-state index is 0.00432. The van der Waals surface area contributed by atoms with Gasteiger partial charge in [0.15, 0.2) is 0 Å². The van der Waals surface area contributed by atoms with Crippen molar-refractivity contribution < 1.29 is 9.90 Å². The van der Waals surface area contributed by atoms with E-state index in [9.17, 15) is 9.90 Å². The van der Waals surface area contributed by atoms with Crippen molar-refractivity contribution in [3.63, 3.8) is 0 Å². The van der Waals surface area contributed by atoms with Gasteiger partial charge < -0.3 is 26.0 Å². The molecule has 3 aromatic rings. The number of nitrogens with zero attached hydrogens (tertiary/aromatic N) is 4. The summed E-state index contributed by atoms with van der Waals surface area (Å²) >= 11 is 0. The molecular weight excluding hydrogens is 478 g/mol. The number of carbonyl (C=O) groups excluding carboxylic acids is 1. The average Bonchev–Trinajstić information content (AvgIpc) is 3.42. The number of aliphatic hydroxyl groups excluding tert-OH is 1. The van der Waals surface area contributed by atoms with Gasteiger partial charge in [0.2, 0.25) is 5.91 Å². The first-order chi connectivity index (χ1) is 18.7. The number of rotatable bonds is 10. The van der Waals surface area contributed by atoms with Crippen LogP contribution in [-0.2, 0) is 11.4 Å². The average molecular weight is 516 g/mol. The van der Waals surface area contributed by atoms with E-state index in [1.54, 1.807) is 6.20 Å². The summed E-state index contributed by atoms with van der Waals surface area (Å²) in [6.45, 7) is 5.94. The van der Waals surface area contributed by atoms with Crippen molar-refractivity contribution in [2.24, 2.45) is 0 Å². The number of hydrogen-bond acceptors (Lipinski definition) is 8. The molecule has 0 aliphatic carbocycles. The molecule has 5 rings (SSSR count). The van der Waals surface area contributed by atoms with Crippen molar-refractivity contribution in [2.45, 2.75) is 31.9 Å². The number of anilines is 3. The van der Waals surface area contributed by atoms with E-state index in [-0.39, 0.29) is 12.5 Å². The molecule has 1 atom stereocenters. The van der Waals surface area contributed by atoms with Crippen LogP contribution in [0.25, 0.3) is 11.1 Å². The van der Waals surface area contributed by atoms with Gasteiger partial charge in [-0.3, -0.25) is 9.69 Å². The molecule has 9 heteroatoms. The summed E-state index contributed by atoms with van der Waals surface area (Å²) in [4.78, 5) is 26.2. The maximum atomic E-state index is 12.3. The first-order valence-corrected chi connectivity index (χ1v) is 13.5. The lowest BCUT2D eigenvalue weighted by molar-refractivity contribution is -0.122. The van der Waals surface area contributed by atoms with Gasteiger partial charge in [0.1, 0.15) is 11.6 Å². The Labute approximate surface area is 224 Å². The monoisotopic (exact) mass is 515 g/mol. The van der Waals surface area contributed by atoms with Crippen molar-refractivity contribution in [2.75, 3.05) is 56.0 Å². The Morgan fingerprint density at radius 1 is 1.05 bits per heavy atom. The van der Waals surface area contributed by atoms with Crippen molar-refractivity contribution >= 4 is 23.2 Å². The van der Waals surface area contributed by atoms with Crippen molar-refractivity contribution in [1.29, 1.82) is 0 Å². The van der Waals surface area contributed by atoms with Crippen LogP contribution in [-0.4, -0.2) is 77.7 Å². The molecule has 38 heavy (non-hydrogen) atoms. The van der Waals surface area contributed by atoms with E-state index in [1.165, 1.54) is 0 Å². The highest BCUT2D eigenvalue weighted by atomic mass is 16.3. The molecule has 0 bridgehead atoms. The fourth-order valence-corrected chi connectivity index (χ4v) is 5.24. The summed E-state index contributed by atoms with van der Waals surface area (Å²) < 4.78 is 0. The first-order valence-electron chi connectivity index (χ1n) is 13.5. The lowest BCUT2D eigenvalue weighted by atomic mass is 10.1. The van der Waals surface area contributed by atoms with Gasteiger partial charge in [-0.15, -0.1) is 0 Å². The van der Waals surface area contributed by atoms with Gasteiger partial charge in [0.25, 0.3) is 0 Å². The molecule has 2 saturated heterocycles. The van der Waals surface area contributed by atoms with Gasteiger partial charge in [-0.1, -0.05) is 12.1 Å². The number of pyridine rings is 2. The highest BCUT2D eigenvalue weighted by Crippen LogP contribution is 2.28. The van der Waals surface area contributed by atoms with E-state index in [4.69, 9.17) is 4.98 Å². The third-order valence-corrected chi connectivity index (χ3v) is 7.27. The van der Waals surface area contributed by atoms with E-state index in [0.29, 0.717) is 19.1 Å². The third-order valence-electron chi connectivity index (χ3n) is 7.27. The van der Waals surface area contributed by atoms with E-state index >= 15 is 0 Å². The fourth-order valence-electron chi connectivity index (χ4n) is 5.24. The minimum Gasteiger partial charge on any atom is -0.392 e. The molecule has 2 aromatic heterocycles. The summed E-state index contributed by atoms with van der Waals surface area (Å²) in [6, 6.07) is 16.2. The Hall–Kier alpha value is -3.53. The Balaban J connectivity index is 1.16. The minimum atomic E-state index is 0.00432. The summed E-state index contributed by atoms with van der Waals surface area (Å²) in [7, 11) is 0. The largest absolute Gasteiger partial charge is 0.392 e. The van der Waals surface area contributed by atoms with Crippen LogP contribution in [0.4, 0.5) is 17.3 Å². The van der Waals surface area contributed by atoms with E-state index < -0.39 is 0 Å². The summed E-state index contributed by atoms with van der Waals surface area (Å²) in [5, 5.41) is 19.1. The lowest BCUT2D eigenvalue weighted by Crippen LogP contribution is -2.47. The summed E-state index contributed by atoms with van der Waals surface area (Å²) in [5.74, 6) is 1.84. The molecule has 2 aliphatic heterocycles. The SMILES string of the molecule is O=C(CN1CCNCC1)NCCC1CCCN1c1ccc(-c2ccnc(Nc3cccc(CO)c3)c2)cn1. The zero-order chi connectivity index (χ0) is 26.2. The molecule has 200 valence electrons. The molecule has 0 spiro atoms. The van der Waals surface area contributed by atoms with Gasteiger partial charge in [-0.2, -0.15) is 0 Å². The molecule has 1 aromatic carbocycles. The second-order valence-corrected chi connectivity index (χ2v) is 9.97. The maximum absolute atomic E-state index is 12.3. The predicted molar refractivity (Wildman–Crippen MR) is 150 cm³/mol. The highest BCUT2D eigenvalue weighted by molar-refractivity contribution is 5.78. The lowest BCUT2D eigenvalue weighted by Gasteiger charge is -2.27. The van der Waals surface area contributed by atoms with Crippen LogP contribution < -0.4 is 20.9 Å². The van der Waals surface area contributed by atoms with Crippen LogP contribution in [0.3, 0.4) is 0 Å². The predicted octanol–water partition coefficient (Wildman–Crippen LogP) is 2.76. The van der Waals surface area contributed by atoms with Crippen molar-refractivity contribution in [1.82, 2.24) is 25.5 Å². The molecule has 4 N–H and O–H groups in total. The second kappa shape index (κ2) is 12.8. The molecule has 9 nitrogen and oxygen atoms in total. The van der Waals surface area contributed by atoms with Crippen molar-refractivity contribution in [3.05, 3.63) is 66.5 Å². The molecule has 0 radical (unpaired) electrons. The third kappa shape index (κ3) is 6.86. The van der Waals surface area contributed by atoms with Crippen LogP contribution in [0, 0.1) is 0 Å². The second-order valence-electron chi connectivity index (χ2n) is 9.97. The van der Waals surface area contributed by atoms with Gasteiger partial charge in [0.05, 0.1) is 13.2 Å². The molecular formula is C29H37N7O2. The van der Waals surface area contributed by atoms with E-state index in [1.807, 2.05) is 42.6 Å². The number of piperazine rings is 1. The van der Waals surface area contributed by atoms with Gasteiger partial charge in [-0.05, 0) is 66.8 Å². The maximum Gasteiger partial charge on any atom is 0.234 e. The molecule has 2 fully saturated rings. The number of benzene rings is 1. The Morgan fingerprint density at radius 2 is 1.95 bits per heavy atom. The van der Waals surface area contributed by atoms with Crippen LogP contribution in [0.1, 0.15) is 24.8 Å².